The normalized spacial score (nSPS) is 18.2. The maximum atomic E-state index is 12.1. The molecule has 1 atom stereocenters. The van der Waals surface area contributed by atoms with Gasteiger partial charge in [0.15, 0.2) is 0 Å². The van der Waals surface area contributed by atoms with Crippen LogP contribution in [0.1, 0.15) is 24.8 Å². The molecule has 0 aromatic heterocycles. The van der Waals surface area contributed by atoms with Gasteiger partial charge in [-0.2, -0.15) is 0 Å². The Morgan fingerprint density at radius 3 is 3.05 bits per heavy atom. The molecule has 4 nitrogen and oxygen atoms in total. The number of likely N-dealkylation sites (tertiary alicyclic amines) is 1. The molecule has 122 valence electrons. The summed E-state index contributed by atoms with van der Waals surface area (Å²) in [5.41, 5.74) is 1.18. The van der Waals surface area contributed by atoms with E-state index >= 15 is 0 Å². The third-order valence-electron chi connectivity index (χ3n) is 4.12. The smallest absolute Gasteiger partial charge is 0.222 e. The summed E-state index contributed by atoms with van der Waals surface area (Å²) in [5, 5.41) is 4.10. The first-order valence-corrected chi connectivity index (χ1v) is 8.32. The van der Waals surface area contributed by atoms with Crippen molar-refractivity contribution in [1.29, 1.82) is 0 Å². The minimum atomic E-state index is 0.281. The Kier molecular flexibility index (Phi) is 7.16. The second kappa shape index (κ2) is 9.13. The second-order valence-corrected chi connectivity index (χ2v) is 6.13. The van der Waals surface area contributed by atoms with Gasteiger partial charge in [0, 0.05) is 37.7 Å². The third kappa shape index (κ3) is 5.27. The van der Waals surface area contributed by atoms with Crippen molar-refractivity contribution in [3.05, 3.63) is 34.9 Å². The number of nitrogens with zero attached hydrogens (tertiary/aromatic N) is 1. The standard InChI is InChI=1S/C17H25ClN2O2/c1-22-12-10-19-9-7-16-5-6-17(21)20(16)11-8-14-3-2-4-15(18)13-14/h2-4,13,16,19H,5-12H2,1H3/t16-/m0/s1. The van der Waals surface area contributed by atoms with Crippen LogP contribution in [0.15, 0.2) is 24.3 Å². The van der Waals surface area contributed by atoms with E-state index in [-0.39, 0.29) is 5.91 Å². The van der Waals surface area contributed by atoms with Gasteiger partial charge in [-0.1, -0.05) is 23.7 Å². The number of hydrogen-bond acceptors (Lipinski definition) is 3. The monoisotopic (exact) mass is 324 g/mol. The highest BCUT2D eigenvalue weighted by atomic mass is 35.5. The zero-order valence-corrected chi connectivity index (χ0v) is 13.9. The van der Waals surface area contributed by atoms with E-state index in [1.165, 1.54) is 5.56 Å². The highest BCUT2D eigenvalue weighted by molar-refractivity contribution is 6.30. The molecule has 1 saturated heterocycles. The van der Waals surface area contributed by atoms with Gasteiger partial charge in [-0.05, 0) is 43.5 Å². The zero-order valence-electron chi connectivity index (χ0n) is 13.2. The zero-order chi connectivity index (χ0) is 15.8. The van der Waals surface area contributed by atoms with Gasteiger partial charge in [-0.3, -0.25) is 4.79 Å². The maximum absolute atomic E-state index is 12.1. The summed E-state index contributed by atoms with van der Waals surface area (Å²) in [4.78, 5) is 14.1. The van der Waals surface area contributed by atoms with Crippen LogP contribution in [-0.2, 0) is 16.0 Å². The lowest BCUT2D eigenvalue weighted by molar-refractivity contribution is -0.129. The number of rotatable bonds is 9. The van der Waals surface area contributed by atoms with Crippen molar-refractivity contribution in [3.8, 4) is 0 Å². The number of carbonyl (C=O) groups is 1. The Labute approximate surface area is 137 Å². The lowest BCUT2D eigenvalue weighted by Crippen LogP contribution is -2.37. The SMILES string of the molecule is COCCNCC[C@@H]1CCC(=O)N1CCc1cccc(Cl)c1. The minimum absolute atomic E-state index is 0.281. The molecule has 1 aliphatic rings. The Morgan fingerprint density at radius 2 is 2.27 bits per heavy atom. The highest BCUT2D eigenvalue weighted by Gasteiger charge is 2.29. The molecule has 1 N–H and O–H groups in total. The lowest BCUT2D eigenvalue weighted by atomic mass is 10.1. The Bertz CT molecular complexity index is 481. The molecule has 0 aliphatic carbocycles. The average molecular weight is 325 g/mol. The first-order chi connectivity index (χ1) is 10.7. The van der Waals surface area contributed by atoms with Crippen molar-refractivity contribution in [2.45, 2.75) is 31.7 Å². The lowest BCUT2D eigenvalue weighted by Gasteiger charge is -2.25. The van der Waals surface area contributed by atoms with Crippen LogP contribution >= 0.6 is 11.6 Å². The molecule has 1 aromatic rings. The summed E-state index contributed by atoms with van der Waals surface area (Å²) >= 11 is 6.01. The van der Waals surface area contributed by atoms with Crippen LogP contribution in [0.4, 0.5) is 0 Å². The number of halogens is 1. The molecular formula is C17H25ClN2O2. The molecule has 22 heavy (non-hydrogen) atoms. The van der Waals surface area contributed by atoms with Crippen molar-refractivity contribution < 1.29 is 9.53 Å². The van der Waals surface area contributed by atoms with Gasteiger partial charge in [0.05, 0.1) is 6.61 Å². The first-order valence-electron chi connectivity index (χ1n) is 7.94. The van der Waals surface area contributed by atoms with Gasteiger partial charge < -0.3 is 15.0 Å². The third-order valence-corrected chi connectivity index (χ3v) is 4.36. The first kappa shape index (κ1) is 17.3. The topological polar surface area (TPSA) is 41.6 Å². The van der Waals surface area contributed by atoms with Gasteiger partial charge >= 0.3 is 0 Å². The molecule has 0 unspecified atom stereocenters. The summed E-state index contributed by atoms with van der Waals surface area (Å²) in [6.07, 6.45) is 3.52. The number of hydrogen-bond donors (Lipinski definition) is 1. The van der Waals surface area contributed by atoms with E-state index in [1.54, 1.807) is 7.11 Å². The van der Waals surface area contributed by atoms with E-state index < -0.39 is 0 Å². The van der Waals surface area contributed by atoms with E-state index in [9.17, 15) is 4.79 Å². The van der Waals surface area contributed by atoms with Gasteiger partial charge in [0.25, 0.3) is 0 Å². The van der Waals surface area contributed by atoms with E-state index in [2.05, 4.69) is 11.4 Å². The second-order valence-electron chi connectivity index (χ2n) is 5.69. The Hall–Kier alpha value is -1.10. The van der Waals surface area contributed by atoms with E-state index in [0.29, 0.717) is 12.5 Å². The molecule has 5 heteroatoms. The summed E-state index contributed by atoms with van der Waals surface area (Å²) in [5.74, 6) is 0.281. The summed E-state index contributed by atoms with van der Waals surface area (Å²) in [6.45, 7) is 3.29. The van der Waals surface area contributed by atoms with E-state index in [1.807, 2.05) is 23.1 Å². The summed E-state index contributed by atoms with van der Waals surface area (Å²) in [7, 11) is 1.70. The fourth-order valence-corrected chi connectivity index (χ4v) is 3.12. The number of methoxy groups -OCH3 is 1. The van der Waals surface area contributed by atoms with Crippen LogP contribution in [0.3, 0.4) is 0 Å². The number of amides is 1. The van der Waals surface area contributed by atoms with Crippen molar-refractivity contribution in [1.82, 2.24) is 10.2 Å². The van der Waals surface area contributed by atoms with E-state index in [0.717, 1.165) is 50.5 Å². The Morgan fingerprint density at radius 1 is 1.41 bits per heavy atom. The van der Waals surface area contributed by atoms with Crippen LogP contribution in [0, 0.1) is 0 Å². The molecule has 0 radical (unpaired) electrons. The fraction of sp³-hybridized carbons (Fsp3) is 0.588. The van der Waals surface area contributed by atoms with Gasteiger partial charge in [0.2, 0.25) is 5.91 Å². The molecule has 1 fully saturated rings. The van der Waals surface area contributed by atoms with Crippen molar-refractivity contribution in [3.63, 3.8) is 0 Å². The minimum Gasteiger partial charge on any atom is -0.383 e. The average Bonchev–Trinajstić information content (AvgIpc) is 2.85. The summed E-state index contributed by atoms with van der Waals surface area (Å²) < 4.78 is 5.01. The number of ether oxygens (including phenoxy) is 1. The van der Waals surface area contributed by atoms with Gasteiger partial charge in [-0.25, -0.2) is 0 Å². The number of carbonyl (C=O) groups excluding carboxylic acids is 1. The molecule has 2 rings (SSSR count). The molecular weight excluding hydrogens is 300 g/mol. The van der Waals surface area contributed by atoms with Crippen molar-refractivity contribution >= 4 is 17.5 Å². The highest BCUT2D eigenvalue weighted by Crippen LogP contribution is 2.22. The predicted molar refractivity (Wildman–Crippen MR) is 89.3 cm³/mol. The van der Waals surface area contributed by atoms with E-state index in [4.69, 9.17) is 16.3 Å². The molecule has 0 saturated carbocycles. The van der Waals surface area contributed by atoms with Crippen molar-refractivity contribution in [2.24, 2.45) is 0 Å². The predicted octanol–water partition coefficient (Wildman–Crippen LogP) is 2.50. The van der Waals surface area contributed by atoms with Crippen molar-refractivity contribution in [2.75, 3.05) is 33.4 Å². The summed E-state index contributed by atoms with van der Waals surface area (Å²) in [6, 6.07) is 8.24. The molecule has 1 amide bonds. The van der Waals surface area contributed by atoms with Gasteiger partial charge in [-0.15, -0.1) is 0 Å². The van der Waals surface area contributed by atoms with Crippen LogP contribution < -0.4 is 5.32 Å². The van der Waals surface area contributed by atoms with Crippen LogP contribution in [0.2, 0.25) is 5.02 Å². The molecule has 1 heterocycles. The Balaban J connectivity index is 1.78. The largest absolute Gasteiger partial charge is 0.383 e. The molecule has 1 aromatic carbocycles. The van der Waals surface area contributed by atoms with Crippen LogP contribution in [0.5, 0.6) is 0 Å². The molecule has 1 aliphatic heterocycles. The maximum Gasteiger partial charge on any atom is 0.222 e. The number of nitrogens with one attached hydrogen (secondary N) is 1. The van der Waals surface area contributed by atoms with Crippen LogP contribution in [-0.4, -0.2) is 50.2 Å². The molecule has 0 bridgehead atoms. The molecule has 0 spiro atoms. The van der Waals surface area contributed by atoms with Crippen LogP contribution in [0.25, 0.3) is 0 Å². The fourth-order valence-electron chi connectivity index (χ4n) is 2.91. The quantitative estimate of drug-likeness (QED) is 0.710. The van der Waals surface area contributed by atoms with Gasteiger partial charge in [0.1, 0.15) is 0 Å². The number of benzene rings is 1.